The number of carboxylic acids is 1. The molecule has 0 bridgehead atoms. The Morgan fingerprint density at radius 3 is 3.00 bits per heavy atom. The van der Waals surface area contributed by atoms with Crippen LogP contribution in [0.4, 0.5) is 0 Å². The number of aromatic carboxylic acids is 1. The van der Waals surface area contributed by atoms with E-state index >= 15 is 0 Å². The molecule has 0 aliphatic rings. The van der Waals surface area contributed by atoms with Crippen molar-refractivity contribution in [3.63, 3.8) is 0 Å². The fourth-order valence-corrected chi connectivity index (χ4v) is 1.01. The predicted octanol–water partition coefficient (Wildman–Crippen LogP) is 1.20. The van der Waals surface area contributed by atoms with Crippen LogP contribution in [0, 0.1) is 0 Å². The van der Waals surface area contributed by atoms with Gasteiger partial charge in [-0.05, 0) is 19.1 Å². The summed E-state index contributed by atoms with van der Waals surface area (Å²) >= 11 is 0. The number of rotatable bonds is 6. The third-order valence-corrected chi connectivity index (χ3v) is 1.67. The molecule has 0 spiro atoms. The summed E-state index contributed by atoms with van der Waals surface area (Å²) < 4.78 is 10.2. The lowest BCUT2D eigenvalue weighted by molar-refractivity contribution is 0.0685. The van der Waals surface area contributed by atoms with Crippen molar-refractivity contribution >= 4 is 5.97 Å². The van der Waals surface area contributed by atoms with Gasteiger partial charge in [0.2, 0.25) is 5.88 Å². The maximum absolute atomic E-state index is 10.8. The summed E-state index contributed by atoms with van der Waals surface area (Å²) in [4.78, 5) is 14.6. The summed E-state index contributed by atoms with van der Waals surface area (Å²) in [6.45, 7) is 3.21. The lowest BCUT2D eigenvalue weighted by atomic mass is 10.3. The molecule has 0 aliphatic carbocycles. The molecular formula is C10H13NO4. The zero-order valence-electron chi connectivity index (χ0n) is 8.47. The molecule has 1 N–H and O–H groups in total. The fraction of sp³-hybridized carbons (Fsp3) is 0.400. The van der Waals surface area contributed by atoms with Gasteiger partial charge < -0.3 is 14.6 Å². The molecule has 1 rings (SSSR count). The summed E-state index contributed by atoms with van der Waals surface area (Å²) in [5, 5.41) is 8.82. The topological polar surface area (TPSA) is 68.7 Å². The van der Waals surface area contributed by atoms with Crippen LogP contribution in [-0.2, 0) is 4.74 Å². The van der Waals surface area contributed by atoms with E-state index < -0.39 is 5.97 Å². The Labute approximate surface area is 87.7 Å². The van der Waals surface area contributed by atoms with Crippen molar-refractivity contribution in [1.29, 1.82) is 0 Å². The summed E-state index contributed by atoms with van der Waals surface area (Å²) in [6, 6.07) is 3.00. The smallest absolute Gasteiger partial charge is 0.341 e. The third-order valence-electron chi connectivity index (χ3n) is 1.67. The highest BCUT2D eigenvalue weighted by molar-refractivity contribution is 5.90. The van der Waals surface area contributed by atoms with Crippen molar-refractivity contribution in [2.75, 3.05) is 19.8 Å². The molecule has 82 valence electrons. The molecule has 0 radical (unpaired) electrons. The van der Waals surface area contributed by atoms with Crippen LogP contribution in [0.15, 0.2) is 18.3 Å². The van der Waals surface area contributed by atoms with Gasteiger partial charge in [-0.1, -0.05) is 0 Å². The molecule has 0 amide bonds. The minimum absolute atomic E-state index is 0.0639. The zero-order chi connectivity index (χ0) is 11.1. The maximum Gasteiger partial charge on any atom is 0.341 e. The summed E-state index contributed by atoms with van der Waals surface area (Å²) in [5.74, 6) is -0.917. The molecule has 5 heteroatoms. The number of carboxylic acid groups (broad SMARTS) is 1. The number of hydrogen-bond acceptors (Lipinski definition) is 4. The number of aromatic nitrogens is 1. The third kappa shape index (κ3) is 3.55. The normalized spacial score (nSPS) is 9.93. The first-order valence-electron chi connectivity index (χ1n) is 4.64. The Kier molecular flexibility index (Phi) is 4.56. The van der Waals surface area contributed by atoms with E-state index in [4.69, 9.17) is 14.6 Å². The van der Waals surface area contributed by atoms with Crippen LogP contribution in [0.3, 0.4) is 0 Å². The maximum atomic E-state index is 10.8. The Morgan fingerprint density at radius 1 is 1.53 bits per heavy atom. The van der Waals surface area contributed by atoms with Gasteiger partial charge in [0.1, 0.15) is 12.2 Å². The average molecular weight is 211 g/mol. The Bertz CT molecular complexity index is 327. The molecule has 1 aromatic heterocycles. The first-order chi connectivity index (χ1) is 7.25. The lowest BCUT2D eigenvalue weighted by Gasteiger charge is -2.07. The Balaban J connectivity index is 2.56. The fourth-order valence-electron chi connectivity index (χ4n) is 1.01. The second-order valence-corrected chi connectivity index (χ2v) is 2.71. The molecular weight excluding hydrogens is 198 g/mol. The highest BCUT2D eigenvalue weighted by atomic mass is 16.5. The molecule has 0 saturated carbocycles. The molecule has 0 atom stereocenters. The number of nitrogens with zero attached hydrogens (tertiary/aromatic N) is 1. The minimum Gasteiger partial charge on any atom is -0.477 e. The Morgan fingerprint density at radius 2 is 2.33 bits per heavy atom. The molecule has 5 nitrogen and oxygen atoms in total. The van der Waals surface area contributed by atoms with E-state index in [2.05, 4.69) is 4.98 Å². The Hall–Kier alpha value is -1.62. The first-order valence-corrected chi connectivity index (χ1v) is 4.64. The second kappa shape index (κ2) is 5.98. The van der Waals surface area contributed by atoms with Gasteiger partial charge in [0, 0.05) is 12.8 Å². The average Bonchev–Trinajstić information content (AvgIpc) is 2.25. The largest absolute Gasteiger partial charge is 0.477 e. The molecule has 0 saturated heterocycles. The van der Waals surface area contributed by atoms with E-state index in [1.165, 1.54) is 12.3 Å². The van der Waals surface area contributed by atoms with Crippen molar-refractivity contribution in [1.82, 2.24) is 4.98 Å². The van der Waals surface area contributed by atoms with Crippen molar-refractivity contribution in [3.8, 4) is 5.88 Å². The SMILES string of the molecule is CCOCCOc1ncccc1C(=O)O. The number of carbonyl (C=O) groups is 1. The van der Waals surface area contributed by atoms with E-state index in [-0.39, 0.29) is 11.4 Å². The van der Waals surface area contributed by atoms with E-state index in [1.54, 1.807) is 6.07 Å². The molecule has 1 heterocycles. The standard InChI is InChI=1S/C10H13NO4/c1-2-14-6-7-15-9-8(10(12)13)4-3-5-11-9/h3-5H,2,6-7H2,1H3,(H,12,13). The lowest BCUT2D eigenvalue weighted by Crippen LogP contribution is -2.10. The number of ether oxygens (including phenoxy) is 2. The van der Waals surface area contributed by atoms with Gasteiger partial charge in [0.15, 0.2) is 0 Å². The van der Waals surface area contributed by atoms with E-state index in [0.717, 1.165) is 0 Å². The van der Waals surface area contributed by atoms with Crippen LogP contribution in [0.1, 0.15) is 17.3 Å². The van der Waals surface area contributed by atoms with Crippen LogP contribution in [0.25, 0.3) is 0 Å². The molecule has 15 heavy (non-hydrogen) atoms. The van der Waals surface area contributed by atoms with Crippen molar-refractivity contribution in [2.45, 2.75) is 6.92 Å². The van der Waals surface area contributed by atoms with Crippen LogP contribution >= 0.6 is 0 Å². The summed E-state index contributed by atoms with van der Waals surface area (Å²) in [7, 11) is 0. The van der Waals surface area contributed by atoms with Gasteiger partial charge in [-0.25, -0.2) is 9.78 Å². The van der Waals surface area contributed by atoms with E-state index in [0.29, 0.717) is 19.8 Å². The van der Waals surface area contributed by atoms with Crippen LogP contribution < -0.4 is 4.74 Å². The molecule has 0 aliphatic heterocycles. The summed E-state index contributed by atoms with van der Waals surface area (Å²) in [5.41, 5.74) is 0.0639. The van der Waals surface area contributed by atoms with Crippen molar-refractivity contribution < 1.29 is 19.4 Å². The van der Waals surface area contributed by atoms with Gasteiger partial charge in [-0.3, -0.25) is 0 Å². The van der Waals surface area contributed by atoms with Crippen LogP contribution in [0.5, 0.6) is 5.88 Å². The van der Waals surface area contributed by atoms with E-state index in [9.17, 15) is 4.79 Å². The van der Waals surface area contributed by atoms with Crippen molar-refractivity contribution in [3.05, 3.63) is 23.9 Å². The molecule has 0 aromatic carbocycles. The van der Waals surface area contributed by atoms with Gasteiger partial charge in [0.05, 0.1) is 6.61 Å². The quantitative estimate of drug-likeness (QED) is 0.716. The number of hydrogen-bond donors (Lipinski definition) is 1. The van der Waals surface area contributed by atoms with E-state index in [1.807, 2.05) is 6.92 Å². The van der Waals surface area contributed by atoms with Crippen LogP contribution in [-0.4, -0.2) is 35.9 Å². The second-order valence-electron chi connectivity index (χ2n) is 2.71. The molecule has 0 unspecified atom stereocenters. The zero-order valence-corrected chi connectivity index (χ0v) is 8.47. The first kappa shape index (κ1) is 11.5. The highest BCUT2D eigenvalue weighted by Crippen LogP contribution is 2.13. The van der Waals surface area contributed by atoms with Gasteiger partial charge in [-0.2, -0.15) is 0 Å². The number of pyridine rings is 1. The minimum atomic E-state index is -1.05. The van der Waals surface area contributed by atoms with Gasteiger partial charge >= 0.3 is 5.97 Å². The predicted molar refractivity (Wildman–Crippen MR) is 53.2 cm³/mol. The van der Waals surface area contributed by atoms with Crippen LogP contribution in [0.2, 0.25) is 0 Å². The van der Waals surface area contributed by atoms with Crippen molar-refractivity contribution in [2.24, 2.45) is 0 Å². The molecule has 0 fully saturated rings. The van der Waals surface area contributed by atoms with Gasteiger partial charge in [0.25, 0.3) is 0 Å². The molecule has 1 aromatic rings. The van der Waals surface area contributed by atoms with Gasteiger partial charge in [-0.15, -0.1) is 0 Å². The summed E-state index contributed by atoms with van der Waals surface area (Å²) in [6.07, 6.45) is 1.49. The highest BCUT2D eigenvalue weighted by Gasteiger charge is 2.11. The monoisotopic (exact) mass is 211 g/mol.